The first-order valence-corrected chi connectivity index (χ1v) is 9.79. The zero-order chi connectivity index (χ0) is 16.5. The molecule has 0 aromatic carbocycles. The molecule has 2 aliphatic carbocycles. The first-order chi connectivity index (χ1) is 11.9. The monoisotopic (exact) mass is 327 g/mol. The second-order valence-corrected chi connectivity index (χ2v) is 7.25. The fraction of sp³-hybridized carbons (Fsp3) is 0.619. The summed E-state index contributed by atoms with van der Waals surface area (Å²) < 4.78 is 0. The Morgan fingerprint density at radius 1 is 1.00 bits per heavy atom. The van der Waals surface area contributed by atoms with E-state index >= 15 is 0 Å². The van der Waals surface area contributed by atoms with Crippen LogP contribution < -0.4 is 16.0 Å². The number of hydrogen-bond donors (Lipinski definition) is 3. The zero-order valence-corrected chi connectivity index (χ0v) is 14.9. The van der Waals surface area contributed by atoms with Crippen LogP contribution in [0.4, 0.5) is 0 Å². The molecular weight excluding hydrogens is 294 g/mol. The summed E-state index contributed by atoms with van der Waals surface area (Å²) >= 11 is 0. The highest BCUT2D eigenvalue weighted by Gasteiger charge is 2.17. The highest BCUT2D eigenvalue weighted by molar-refractivity contribution is 5.39. The van der Waals surface area contributed by atoms with Gasteiger partial charge in [-0.15, -0.1) is 0 Å². The zero-order valence-electron chi connectivity index (χ0n) is 14.9. The molecule has 1 atom stereocenters. The summed E-state index contributed by atoms with van der Waals surface area (Å²) in [6, 6.07) is 1.31. The summed E-state index contributed by atoms with van der Waals surface area (Å²) in [7, 11) is 0. The molecule has 132 valence electrons. The lowest BCUT2D eigenvalue weighted by Crippen LogP contribution is -2.42. The molecule has 24 heavy (non-hydrogen) atoms. The number of rotatable bonds is 7. The molecule has 0 radical (unpaired) electrons. The van der Waals surface area contributed by atoms with E-state index in [1.54, 1.807) is 0 Å². The normalized spacial score (nSPS) is 25.2. The van der Waals surface area contributed by atoms with Gasteiger partial charge in [-0.25, -0.2) is 0 Å². The fourth-order valence-corrected chi connectivity index (χ4v) is 3.87. The lowest BCUT2D eigenvalue weighted by atomic mass is 9.95. The van der Waals surface area contributed by atoms with E-state index in [1.807, 2.05) is 0 Å². The number of hydrogen-bond acceptors (Lipinski definition) is 3. The van der Waals surface area contributed by atoms with Crippen molar-refractivity contribution in [3.05, 3.63) is 47.6 Å². The Kier molecular flexibility index (Phi) is 7.34. The third-order valence-electron chi connectivity index (χ3n) is 5.32. The Hall–Kier alpha value is -1.16. The van der Waals surface area contributed by atoms with E-state index in [0.29, 0.717) is 6.04 Å². The molecule has 0 amide bonds. The quantitative estimate of drug-likeness (QED) is 0.496. The number of nitrogens with one attached hydrogen (secondary N) is 3. The fourth-order valence-electron chi connectivity index (χ4n) is 3.87. The van der Waals surface area contributed by atoms with Crippen molar-refractivity contribution in [2.45, 2.75) is 57.0 Å². The highest BCUT2D eigenvalue weighted by Crippen LogP contribution is 2.21. The Morgan fingerprint density at radius 2 is 1.79 bits per heavy atom. The van der Waals surface area contributed by atoms with Gasteiger partial charge < -0.3 is 16.0 Å². The second kappa shape index (κ2) is 9.97. The van der Waals surface area contributed by atoms with Gasteiger partial charge in [-0.3, -0.25) is 0 Å². The van der Waals surface area contributed by atoms with E-state index in [-0.39, 0.29) is 0 Å². The van der Waals surface area contributed by atoms with Crippen LogP contribution in [0.25, 0.3) is 0 Å². The van der Waals surface area contributed by atoms with Gasteiger partial charge in [-0.1, -0.05) is 55.7 Å². The largest absolute Gasteiger partial charge is 0.312 e. The Labute approximate surface area is 147 Å². The molecule has 0 saturated heterocycles. The van der Waals surface area contributed by atoms with Gasteiger partial charge >= 0.3 is 0 Å². The van der Waals surface area contributed by atoms with Crippen LogP contribution in [0.1, 0.15) is 44.9 Å². The summed E-state index contributed by atoms with van der Waals surface area (Å²) in [4.78, 5) is 0. The highest BCUT2D eigenvalue weighted by atomic mass is 15.0. The molecule has 3 nitrogen and oxygen atoms in total. The molecule has 0 spiro atoms. The molecule has 3 heteroatoms. The third-order valence-corrected chi connectivity index (χ3v) is 5.32. The van der Waals surface area contributed by atoms with E-state index in [4.69, 9.17) is 0 Å². The van der Waals surface area contributed by atoms with E-state index in [9.17, 15) is 0 Å². The van der Waals surface area contributed by atoms with Gasteiger partial charge in [-0.05, 0) is 36.8 Å². The smallest absolute Gasteiger partial charge is 0.0236 e. The van der Waals surface area contributed by atoms with Crippen LogP contribution in [0.15, 0.2) is 47.6 Å². The van der Waals surface area contributed by atoms with Crippen LogP contribution in [0, 0.1) is 0 Å². The summed E-state index contributed by atoms with van der Waals surface area (Å²) in [6.45, 7) is 4.02. The standard InChI is InChI=1S/C21H33N3/c1-3-9-18-15-21(24-16-19(18)10-4-1)17-22-13-7-8-14-23-20-11-5-2-6-12-20/h3-4,7-10,20-24H,1-2,5-6,11-17H2/b8-7+. The van der Waals surface area contributed by atoms with Gasteiger partial charge in [-0.2, -0.15) is 0 Å². The van der Waals surface area contributed by atoms with Crippen LogP contribution in [0.5, 0.6) is 0 Å². The minimum atomic E-state index is 0.550. The van der Waals surface area contributed by atoms with Gasteiger partial charge in [0.2, 0.25) is 0 Å². The van der Waals surface area contributed by atoms with Crippen molar-refractivity contribution in [2.24, 2.45) is 0 Å². The SMILES string of the molecule is C1=CC2=C(C=CC1)CC(CNC/C=C/CNC1CCCCC1)NC2. The van der Waals surface area contributed by atoms with Crippen molar-refractivity contribution in [1.82, 2.24) is 16.0 Å². The second-order valence-electron chi connectivity index (χ2n) is 7.25. The summed E-state index contributed by atoms with van der Waals surface area (Å²) in [6.07, 6.45) is 22.8. The first kappa shape index (κ1) is 17.7. The third kappa shape index (κ3) is 5.73. The molecule has 1 aliphatic heterocycles. The maximum absolute atomic E-state index is 3.65. The molecule has 3 rings (SSSR count). The van der Waals surface area contributed by atoms with Crippen molar-refractivity contribution in [3.8, 4) is 0 Å². The molecule has 3 aliphatic rings. The molecule has 0 aromatic rings. The van der Waals surface area contributed by atoms with E-state index in [2.05, 4.69) is 52.4 Å². The van der Waals surface area contributed by atoms with E-state index in [1.165, 1.54) is 43.3 Å². The van der Waals surface area contributed by atoms with Gasteiger partial charge in [0.15, 0.2) is 0 Å². The molecule has 3 N–H and O–H groups in total. The summed E-state index contributed by atoms with van der Waals surface area (Å²) in [5, 5.41) is 10.9. The minimum Gasteiger partial charge on any atom is -0.312 e. The Bertz CT molecular complexity index is 495. The summed E-state index contributed by atoms with van der Waals surface area (Å²) in [5.41, 5.74) is 2.98. The van der Waals surface area contributed by atoms with Crippen LogP contribution >= 0.6 is 0 Å². The van der Waals surface area contributed by atoms with E-state index in [0.717, 1.165) is 45.1 Å². The molecule has 1 saturated carbocycles. The predicted octanol–water partition coefficient (Wildman–Crippen LogP) is 3.23. The van der Waals surface area contributed by atoms with Crippen molar-refractivity contribution >= 4 is 0 Å². The van der Waals surface area contributed by atoms with Gasteiger partial charge in [0.1, 0.15) is 0 Å². The maximum Gasteiger partial charge on any atom is 0.0236 e. The average Bonchev–Trinajstić information content (AvgIpc) is 2.87. The lowest BCUT2D eigenvalue weighted by molar-refractivity contribution is 0.385. The lowest BCUT2D eigenvalue weighted by Gasteiger charge is -2.26. The van der Waals surface area contributed by atoms with Crippen LogP contribution in [0.2, 0.25) is 0 Å². The predicted molar refractivity (Wildman–Crippen MR) is 103 cm³/mol. The Balaban J connectivity index is 1.28. The van der Waals surface area contributed by atoms with Crippen molar-refractivity contribution < 1.29 is 0 Å². The van der Waals surface area contributed by atoms with Crippen LogP contribution in [0.3, 0.4) is 0 Å². The van der Waals surface area contributed by atoms with Crippen molar-refractivity contribution in [1.29, 1.82) is 0 Å². The topological polar surface area (TPSA) is 36.1 Å². The van der Waals surface area contributed by atoms with Crippen molar-refractivity contribution in [3.63, 3.8) is 0 Å². The first-order valence-electron chi connectivity index (χ1n) is 9.79. The molecule has 1 unspecified atom stereocenters. The Morgan fingerprint density at radius 3 is 2.67 bits per heavy atom. The molecule has 1 fully saturated rings. The number of allylic oxidation sites excluding steroid dienone is 3. The average molecular weight is 328 g/mol. The van der Waals surface area contributed by atoms with Gasteiger partial charge in [0, 0.05) is 38.3 Å². The van der Waals surface area contributed by atoms with Crippen LogP contribution in [-0.4, -0.2) is 38.3 Å². The molecular formula is C21H33N3. The maximum atomic E-state index is 3.65. The van der Waals surface area contributed by atoms with E-state index < -0.39 is 0 Å². The minimum absolute atomic E-state index is 0.550. The molecule has 0 bridgehead atoms. The summed E-state index contributed by atoms with van der Waals surface area (Å²) in [5.74, 6) is 0. The van der Waals surface area contributed by atoms with Crippen molar-refractivity contribution in [2.75, 3.05) is 26.2 Å². The van der Waals surface area contributed by atoms with Gasteiger partial charge in [0.25, 0.3) is 0 Å². The van der Waals surface area contributed by atoms with Gasteiger partial charge in [0.05, 0.1) is 0 Å². The molecule has 0 aromatic heterocycles. The molecule has 1 heterocycles. The van der Waals surface area contributed by atoms with Crippen LogP contribution in [-0.2, 0) is 0 Å².